The van der Waals surface area contributed by atoms with Gasteiger partial charge in [0.05, 0.1) is 0 Å². The Bertz CT molecular complexity index is 425. The lowest BCUT2D eigenvalue weighted by Crippen LogP contribution is -2.30. The molecule has 112 valence electrons. The molecule has 0 saturated heterocycles. The maximum atomic E-state index is 12.3. The van der Waals surface area contributed by atoms with E-state index in [1.165, 1.54) is 5.56 Å². The number of hydrogen-bond donors (Lipinski definition) is 2. The van der Waals surface area contributed by atoms with Crippen LogP contribution in [0, 0.1) is 26.7 Å². The summed E-state index contributed by atoms with van der Waals surface area (Å²) in [6.07, 6.45) is 2.86. The molecule has 0 aliphatic carbocycles. The van der Waals surface area contributed by atoms with Gasteiger partial charge >= 0.3 is 0 Å². The number of aryl methyl sites for hydroxylation is 3. The minimum Gasteiger partial charge on any atom is -0.396 e. The van der Waals surface area contributed by atoms with Crippen LogP contribution in [-0.2, 0) is 0 Å². The molecule has 0 heterocycles. The predicted molar refractivity (Wildman–Crippen MR) is 83.1 cm³/mol. The molecule has 0 aliphatic rings. The molecule has 2 N–H and O–H groups in total. The first-order valence-electron chi connectivity index (χ1n) is 7.46. The lowest BCUT2D eigenvalue weighted by atomic mass is 9.97. The van der Waals surface area contributed by atoms with E-state index in [4.69, 9.17) is 5.11 Å². The summed E-state index contributed by atoms with van der Waals surface area (Å²) in [6.45, 7) is 8.95. The van der Waals surface area contributed by atoms with Gasteiger partial charge in [0.2, 0.25) is 0 Å². The summed E-state index contributed by atoms with van der Waals surface area (Å²) in [5, 5.41) is 12.1. The van der Waals surface area contributed by atoms with E-state index >= 15 is 0 Å². The van der Waals surface area contributed by atoms with Crippen LogP contribution in [0.2, 0.25) is 0 Å². The van der Waals surface area contributed by atoms with E-state index < -0.39 is 0 Å². The largest absolute Gasteiger partial charge is 0.396 e. The highest BCUT2D eigenvalue weighted by Gasteiger charge is 2.14. The van der Waals surface area contributed by atoms with E-state index in [1.807, 2.05) is 32.9 Å². The van der Waals surface area contributed by atoms with Crippen LogP contribution in [-0.4, -0.2) is 24.2 Å². The SMILES string of the molecule is CCCC(CCO)CNC(=O)c1c(C)cc(C)cc1C. The highest BCUT2D eigenvalue weighted by Crippen LogP contribution is 2.17. The fraction of sp³-hybridized carbons (Fsp3) is 0.588. The molecule has 0 bridgehead atoms. The second-order valence-corrected chi connectivity index (χ2v) is 5.65. The first-order valence-corrected chi connectivity index (χ1v) is 7.46. The van der Waals surface area contributed by atoms with Gasteiger partial charge in [-0.2, -0.15) is 0 Å². The summed E-state index contributed by atoms with van der Waals surface area (Å²) < 4.78 is 0. The van der Waals surface area contributed by atoms with Crippen LogP contribution in [0.15, 0.2) is 12.1 Å². The van der Waals surface area contributed by atoms with Crippen molar-refractivity contribution < 1.29 is 9.90 Å². The lowest BCUT2D eigenvalue weighted by Gasteiger charge is -2.17. The van der Waals surface area contributed by atoms with E-state index in [9.17, 15) is 4.79 Å². The summed E-state index contributed by atoms with van der Waals surface area (Å²) in [5.74, 6) is 0.360. The summed E-state index contributed by atoms with van der Waals surface area (Å²) in [6, 6.07) is 4.08. The molecule has 1 aromatic rings. The number of aliphatic hydroxyl groups is 1. The molecule has 0 saturated carbocycles. The van der Waals surface area contributed by atoms with Crippen molar-refractivity contribution in [2.75, 3.05) is 13.2 Å². The number of amides is 1. The zero-order chi connectivity index (χ0) is 15.1. The monoisotopic (exact) mass is 277 g/mol. The Morgan fingerprint density at radius 3 is 2.30 bits per heavy atom. The minimum absolute atomic E-state index is 0.000886. The Morgan fingerprint density at radius 1 is 1.20 bits per heavy atom. The number of nitrogens with one attached hydrogen (secondary N) is 1. The third kappa shape index (κ3) is 4.64. The molecule has 1 amide bonds. The summed E-state index contributed by atoms with van der Waals surface area (Å²) in [4.78, 5) is 12.3. The number of carbonyl (C=O) groups is 1. The highest BCUT2D eigenvalue weighted by molar-refractivity contribution is 5.97. The van der Waals surface area contributed by atoms with Gasteiger partial charge in [-0.15, -0.1) is 0 Å². The number of hydrogen-bond acceptors (Lipinski definition) is 2. The van der Waals surface area contributed by atoms with Crippen LogP contribution in [0.1, 0.15) is 53.2 Å². The van der Waals surface area contributed by atoms with Gasteiger partial charge in [0.15, 0.2) is 0 Å². The van der Waals surface area contributed by atoms with Gasteiger partial charge in [-0.3, -0.25) is 4.79 Å². The average Bonchev–Trinajstić information content (AvgIpc) is 2.35. The summed E-state index contributed by atoms with van der Waals surface area (Å²) >= 11 is 0. The number of carbonyl (C=O) groups excluding carboxylic acids is 1. The lowest BCUT2D eigenvalue weighted by molar-refractivity contribution is 0.0941. The molecule has 3 heteroatoms. The van der Waals surface area contributed by atoms with Crippen molar-refractivity contribution in [3.05, 3.63) is 34.4 Å². The number of aliphatic hydroxyl groups excluding tert-OH is 1. The van der Waals surface area contributed by atoms with Crippen LogP contribution in [0.3, 0.4) is 0 Å². The van der Waals surface area contributed by atoms with E-state index in [1.54, 1.807) is 0 Å². The topological polar surface area (TPSA) is 49.3 Å². The van der Waals surface area contributed by atoms with Crippen molar-refractivity contribution in [3.63, 3.8) is 0 Å². The second-order valence-electron chi connectivity index (χ2n) is 5.65. The fourth-order valence-electron chi connectivity index (χ4n) is 2.80. The van der Waals surface area contributed by atoms with Crippen LogP contribution in [0.5, 0.6) is 0 Å². The standard InChI is InChI=1S/C17H27NO2/c1-5-6-15(7-8-19)11-18-17(20)16-13(3)9-12(2)10-14(16)4/h9-10,15,19H,5-8,11H2,1-4H3,(H,18,20). The Morgan fingerprint density at radius 2 is 1.80 bits per heavy atom. The Hall–Kier alpha value is -1.35. The third-order valence-electron chi connectivity index (χ3n) is 3.69. The van der Waals surface area contributed by atoms with Gasteiger partial charge in [0.25, 0.3) is 5.91 Å². The molecule has 1 unspecified atom stereocenters. The zero-order valence-corrected chi connectivity index (χ0v) is 13.1. The summed E-state index contributed by atoms with van der Waals surface area (Å²) in [5.41, 5.74) is 4.01. The fourth-order valence-corrected chi connectivity index (χ4v) is 2.80. The van der Waals surface area contributed by atoms with Crippen molar-refractivity contribution in [3.8, 4) is 0 Å². The van der Waals surface area contributed by atoms with Crippen molar-refractivity contribution in [1.82, 2.24) is 5.32 Å². The average molecular weight is 277 g/mol. The maximum Gasteiger partial charge on any atom is 0.251 e. The molecule has 3 nitrogen and oxygen atoms in total. The first kappa shape index (κ1) is 16.7. The first-order chi connectivity index (χ1) is 9.49. The zero-order valence-electron chi connectivity index (χ0n) is 13.1. The van der Waals surface area contributed by atoms with E-state index in [-0.39, 0.29) is 12.5 Å². The van der Waals surface area contributed by atoms with Gasteiger partial charge in [-0.1, -0.05) is 31.0 Å². The molecule has 1 atom stereocenters. The Kier molecular flexibility index (Phi) is 6.73. The van der Waals surface area contributed by atoms with Gasteiger partial charge in [-0.05, 0) is 50.7 Å². The molecule has 0 spiro atoms. The van der Waals surface area contributed by atoms with E-state index in [2.05, 4.69) is 12.2 Å². The number of rotatable bonds is 7. The molecular formula is C17H27NO2. The van der Waals surface area contributed by atoms with Crippen LogP contribution in [0.25, 0.3) is 0 Å². The smallest absolute Gasteiger partial charge is 0.251 e. The molecule has 0 fully saturated rings. The third-order valence-corrected chi connectivity index (χ3v) is 3.69. The molecule has 1 aromatic carbocycles. The molecule has 20 heavy (non-hydrogen) atoms. The van der Waals surface area contributed by atoms with Crippen molar-refractivity contribution in [1.29, 1.82) is 0 Å². The Labute approximate surface area is 122 Å². The van der Waals surface area contributed by atoms with Gasteiger partial charge in [-0.25, -0.2) is 0 Å². The highest BCUT2D eigenvalue weighted by atomic mass is 16.3. The van der Waals surface area contributed by atoms with Crippen molar-refractivity contribution >= 4 is 5.91 Å². The van der Waals surface area contributed by atoms with Crippen LogP contribution in [0.4, 0.5) is 0 Å². The second kappa shape index (κ2) is 8.05. The van der Waals surface area contributed by atoms with Crippen LogP contribution >= 0.6 is 0 Å². The van der Waals surface area contributed by atoms with Crippen molar-refractivity contribution in [2.24, 2.45) is 5.92 Å². The molecule has 0 aromatic heterocycles. The van der Waals surface area contributed by atoms with E-state index in [0.717, 1.165) is 36.0 Å². The van der Waals surface area contributed by atoms with E-state index in [0.29, 0.717) is 12.5 Å². The molecule has 0 radical (unpaired) electrons. The normalized spacial score (nSPS) is 12.2. The minimum atomic E-state index is -0.000886. The van der Waals surface area contributed by atoms with Gasteiger partial charge < -0.3 is 10.4 Å². The maximum absolute atomic E-state index is 12.3. The molecule has 0 aliphatic heterocycles. The molecular weight excluding hydrogens is 250 g/mol. The van der Waals surface area contributed by atoms with Gasteiger partial charge in [0, 0.05) is 18.7 Å². The van der Waals surface area contributed by atoms with Crippen molar-refractivity contribution in [2.45, 2.75) is 47.0 Å². The van der Waals surface area contributed by atoms with Gasteiger partial charge in [0.1, 0.15) is 0 Å². The predicted octanol–water partition coefficient (Wildman–Crippen LogP) is 3.14. The molecule has 1 rings (SSSR count). The quantitative estimate of drug-likeness (QED) is 0.804. The van der Waals surface area contributed by atoms with Crippen LogP contribution < -0.4 is 5.32 Å². The number of benzene rings is 1. The Balaban J connectivity index is 2.71. The summed E-state index contributed by atoms with van der Waals surface area (Å²) in [7, 11) is 0.